The van der Waals surface area contributed by atoms with E-state index in [2.05, 4.69) is 11.2 Å². The second-order valence-electron chi connectivity index (χ2n) is 3.74. The number of nitrogens with zero attached hydrogens (tertiary/aromatic N) is 2. The molecule has 0 amide bonds. The van der Waals surface area contributed by atoms with Gasteiger partial charge < -0.3 is 4.74 Å². The molecular formula is C15H11N2OPt-. The van der Waals surface area contributed by atoms with E-state index >= 15 is 0 Å². The van der Waals surface area contributed by atoms with Gasteiger partial charge in [0.2, 0.25) is 5.88 Å². The van der Waals surface area contributed by atoms with Crippen molar-refractivity contribution in [2.24, 2.45) is 0 Å². The zero-order chi connectivity index (χ0) is 12.2. The molecule has 1 aromatic heterocycles. The summed E-state index contributed by atoms with van der Waals surface area (Å²) in [5.41, 5.74) is 0.855. The van der Waals surface area contributed by atoms with E-state index in [1.165, 1.54) is 0 Å². The van der Waals surface area contributed by atoms with Gasteiger partial charge in [-0.2, -0.15) is 29.4 Å². The minimum absolute atomic E-state index is 0. The molecule has 19 heavy (non-hydrogen) atoms. The summed E-state index contributed by atoms with van der Waals surface area (Å²) in [5, 5.41) is 4.24. The maximum atomic E-state index is 5.78. The molecule has 0 aliphatic rings. The van der Waals surface area contributed by atoms with E-state index in [4.69, 9.17) is 4.74 Å². The Morgan fingerprint density at radius 2 is 1.74 bits per heavy atom. The Morgan fingerprint density at radius 1 is 0.947 bits per heavy atom. The Balaban J connectivity index is 0.00000133. The van der Waals surface area contributed by atoms with Crippen LogP contribution in [-0.4, -0.2) is 9.78 Å². The standard InChI is InChI=1S/C15H11N2O.Pt/c1-3-7-13(8-4-1)17-15(11-12-16-17)18-14-9-5-2-6-10-14;/h1-7,9-12H;/q-1;. The molecule has 0 radical (unpaired) electrons. The molecule has 98 valence electrons. The third kappa shape index (κ3) is 3.12. The molecule has 3 nitrogen and oxygen atoms in total. The maximum Gasteiger partial charge on any atom is 0.220 e. The predicted octanol–water partition coefficient (Wildman–Crippen LogP) is 3.46. The van der Waals surface area contributed by atoms with Crippen LogP contribution in [0.25, 0.3) is 5.69 Å². The molecule has 0 aliphatic heterocycles. The normalized spacial score (nSPS) is 9.68. The van der Waals surface area contributed by atoms with E-state index in [-0.39, 0.29) is 21.1 Å². The van der Waals surface area contributed by atoms with Crippen LogP contribution in [0.5, 0.6) is 11.6 Å². The third-order valence-corrected chi connectivity index (χ3v) is 2.49. The van der Waals surface area contributed by atoms with E-state index in [1.54, 1.807) is 10.9 Å². The Kier molecular flexibility index (Phi) is 4.53. The molecule has 1 heterocycles. The maximum absolute atomic E-state index is 5.78. The molecule has 0 unspecified atom stereocenters. The summed E-state index contributed by atoms with van der Waals surface area (Å²) in [6, 6.07) is 22.2. The molecule has 0 atom stereocenters. The number of hydrogen-bond acceptors (Lipinski definition) is 2. The zero-order valence-corrected chi connectivity index (χ0v) is 12.2. The van der Waals surface area contributed by atoms with Crippen LogP contribution < -0.4 is 4.74 Å². The van der Waals surface area contributed by atoms with Crippen LogP contribution in [0.2, 0.25) is 0 Å². The van der Waals surface area contributed by atoms with Crippen LogP contribution in [0, 0.1) is 6.07 Å². The van der Waals surface area contributed by atoms with Gasteiger partial charge in [0, 0.05) is 27.1 Å². The Labute approximate surface area is 126 Å². The van der Waals surface area contributed by atoms with Crippen molar-refractivity contribution in [1.82, 2.24) is 9.78 Å². The van der Waals surface area contributed by atoms with Crippen LogP contribution >= 0.6 is 0 Å². The first-order valence-electron chi connectivity index (χ1n) is 5.67. The summed E-state index contributed by atoms with van der Waals surface area (Å²) in [6.07, 6.45) is 1.71. The van der Waals surface area contributed by atoms with Crippen molar-refractivity contribution < 1.29 is 25.8 Å². The Hall–Kier alpha value is -1.86. The molecule has 4 heteroatoms. The summed E-state index contributed by atoms with van der Waals surface area (Å²) in [5.74, 6) is 1.46. The molecule has 0 saturated carbocycles. The number of para-hydroxylation sites is 2. The largest absolute Gasteiger partial charge is 0.439 e. The van der Waals surface area contributed by atoms with E-state index in [0.29, 0.717) is 5.88 Å². The molecule has 0 spiro atoms. The summed E-state index contributed by atoms with van der Waals surface area (Å²) in [7, 11) is 0. The van der Waals surface area contributed by atoms with Crippen molar-refractivity contribution >= 4 is 0 Å². The van der Waals surface area contributed by atoms with Crippen molar-refractivity contribution in [1.29, 1.82) is 0 Å². The van der Waals surface area contributed by atoms with Crippen LogP contribution in [-0.2, 0) is 21.1 Å². The van der Waals surface area contributed by atoms with E-state index in [9.17, 15) is 0 Å². The van der Waals surface area contributed by atoms with Crippen LogP contribution in [0.4, 0.5) is 0 Å². The molecule has 0 aliphatic carbocycles. The van der Waals surface area contributed by atoms with Gasteiger partial charge in [0.1, 0.15) is 5.75 Å². The van der Waals surface area contributed by atoms with Gasteiger partial charge in [-0.15, -0.1) is 6.07 Å². The molecule has 3 rings (SSSR count). The molecular weight excluding hydrogens is 419 g/mol. The van der Waals surface area contributed by atoms with Gasteiger partial charge in [0.25, 0.3) is 0 Å². The average Bonchev–Trinajstić information content (AvgIpc) is 2.89. The van der Waals surface area contributed by atoms with Gasteiger partial charge in [-0.3, -0.25) is 0 Å². The topological polar surface area (TPSA) is 27.1 Å². The van der Waals surface area contributed by atoms with Crippen molar-refractivity contribution in [2.75, 3.05) is 0 Å². The van der Waals surface area contributed by atoms with E-state index < -0.39 is 0 Å². The number of hydrogen-bond donors (Lipinski definition) is 0. The fraction of sp³-hybridized carbons (Fsp3) is 0. The minimum atomic E-state index is 0. The Morgan fingerprint density at radius 3 is 2.47 bits per heavy atom. The van der Waals surface area contributed by atoms with Gasteiger partial charge in [0.15, 0.2) is 0 Å². The van der Waals surface area contributed by atoms with Gasteiger partial charge in [-0.25, -0.2) is 4.68 Å². The van der Waals surface area contributed by atoms with Crippen molar-refractivity contribution in [2.45, 2.75) is 0 Å². The second kappa shape index (κ2) is 6.35. The number of ether oxygens (including phenoxy) is 1. The summed E-state index contributed by atoms with van der Waals surface area (Å²) in [6.45, 7) is 0. The number of benzene rings is 2. The zero-order valence-electron chi connectivity index (χ0n) is 9.97. The van der Waals surface area contributed by atoms with E-state index in [0.717, 1.165) is 11.4 Å². The number of aromatic nitrogens is 2. The van der Waals surface area contributed by atoms with Gasteiger partial charge in [-0.1, -0.05) is 18.2 Å². The first kappa shape index (κ1) is 13.6. The summed E-state index contributed by atoms with van der Waals surface area (Å²) in [4.78, 5) is 0. The molecule has 0 N–H and O–H groups in total. The monoisotopic (exact) mass is 430 g/mol. The SMILES string of the molecule is [Pt].[c-]1ccccc1-n1nccc1Oc1ccccc1. The van der Waals surface area contributed by atoms with Crippen LogP contribution in [0.15, 0.2) is 66.9 Å². The molecule has 2 aromatic carbocycles. The minimum Gasteiger partial charge on any atom is -0.439 e. The predicted molar refractivity (Wildman–Crippen MR) is 68.9 cm³/mol. The van der Waals surface area contributed by atoms with Crippen LogP contribution in [0.3, 0.4) is 0 Å². The quantitative estimate of drug-likeness (QED) is 0.596. The van der Waals surface area contributed by atoms with Crippen molar-refractivity contribution in [3.05, 3.63) is 72.9 Å². The summed E-state index contributed by atoms with van der Waals surface area (Å²) < 4.78 is 7.50. The van der Waals surface area contributed by atoms with Crippen molar-refractivity contribution in [3.63, 3.8) is 0 Å². The average molecular weight is 430 g/mol. The number of rotatable bonds is 3. The fourth-order valence-corrected chi connectivity index (χ4v) is 1.67. The van der Waals surface area contributed by atoms with Gasteiger partial charge in [0.05, 0.1) is 6.20 Å². The molecule has 0 fully saturated rings. The summed E-state index contributed by atoms with van der Waals surface area (Å²) >= 11 is 0. The van der Waals surface area contributed by atoms with Crippen molar-refractivity contribution in [3.8, 4) is 17.3 Å². The fourth-order valence-electron chi connectivity index (χ4n) is 1.67. The first-order valence-corrected chi connectivity index (χ1v) is 5.67. The van der Waals surface area contributed by atoms with Gasteiger partial charge >= 0.3 is 0 Å². The molecule has 3 aromatic rings. The third-order valence-electron chi connectivity index (χ3n) is 2.49. The smallest absolute Gasteiger partial charge is 0.220 e. The molecule has 0 saturated heterocycles. The molecule has 0 bridgehead atoms. The first-order chi connectivity index (χ1) is 8.93. The second-order valence-corrected chi connectivity index (χ2v) is 3.74. The van der Waals surface area contributed by atoms with Crippen LogP contribution in [0.1, 0.15) is 0 Å². The Bertz CT molecular complexity index is 623. The van der Waals surface area contributed by atoms with Gasteiger partial charge in [-0.05, 0) is 17.8 Å². The van der Waals surface area contributed by atoms with E-state index in [1.807, 2.05) is 60.7 Å².